The average Bonchev–Trinajstić information content (AvgIpc) is 2.95. The maximum atomic E-state index is 11.3. The fourth-order valence-electron chi connectivity index (χ4n) is 1.65. The molecule has 0 aliphatic carbocycles. The Hall–Kier alpha value is -1.37. The lowest BCUT2D eigenvalue weighted by molar-refractivity contribution is -0.142. The van der Waals surface area contributed by atoms with E-state index in [0.29, 0.717) is 18.0 Å². The Bertz CT molecular complexity index is 673. The van der Waals surface area contributed by atoms with Gasteiger partial charge in [-0.3, -0.25) is 4.79 Å². The van der Waals surface area contributed by atoms with Crippen LogP contribution in [0.15, 0.2) is 41.4 Å². The standard InChI is InChI=1S/C15H15NO2S3/c1-2-18-15(17)9-8-13(19)16-14-10-12(20-21-14)11-6-4-3-5-7-11/h3-7,10H,2,8-9H2,1H3. The summed E-state index contributed by atoms with van der Waals surface area (Å²) in [5.74, 6) is -0.228. The van der Waals surface area contributed by atoms with Gasteiger partial charge in [0, 0.05) is 11.3 Å². The van der Waals surface area contributed by atoms with E-state index in [1.165, 1.54) is 10.4 Å². The van der Waals surface area contributed by atoms with Crippen molar-refractivity contribution in [2.75, 3.05) is 6.61 Å². The van der Waals surface area contributed by atoms with Gasteiger partial charge in [0.25, 0.3) is 0 Å². The average molecular weight is 337 g/mol. The molecule has 0 amide bonds. The Kier molecular flexibility index (Phi) is 6.22. The second-order valence-corrected chi connectivity index (χ2v) is 6.85. The summed E-state index contributed by atoms with van der Waals surface area (Å²) in [5.41, 5.74) is 1.18. The van der Waals surface area contributed by atoms with Crippen molar-refractivity contribution in [3.8, 4) is 10.4 Å². The summed E-state index contributed by atoms with van der Waals surface area (Å²) < 4.78 is 5.75. The predicted octanol–water partition coefficient (Wildman–Crippen LogP) is 4.05. The van der Waals surface area contributed by atoms with Gasteiger partial charge in [0.1, 0.15) is 9.66 Å². The molecule has 110 valence electrons. The van der Waals surface area contributed by atoms with Gasteiger partial charge in [-0.05, 0) is 18.6 Å². The second kappa shape index (κ2) is 8.17. The van der Waals surface area contributed by atoms with Crippen molar-refractivity contribution in [1.29, 1.82) is 0 Å². The van der Waals surface area contributed by atoms with Crippen LogP contribution in [0.5, 0.6) is 0 Å². The van der Waals surface area contributed by atoms with Crippen LogP contribution in [0.4, 0.5) is 0 Å². The largest absolute Gasteiger partial charge is 0.466 e. The van der Waals surface area contributed by atoms with Crippen molar-refractivity contribution in [2.45, 2.75) is 19.8 Å². The van der Waals surface area contributed by atoms with E-state index in [0.717, 1.165) is 4.67 Å². The molecule has 1 aromatic heterocycles. The lowest BCUT2D eigenvalue weighted by atomic mass is 10.2. The van der Waals surface area contributed by atoms with Crippen LogP contribution in [0.3, 0.4) is 0 Å². The molecule has 1 heterocycles. The van der Waals surface area contributed by atoms with Crippen LogP contribution >= 0.6 is 32.9 Å². The lowest BCUT2D eigenvalue weighted by Gasteiger charge is -1.99. The highest BCUT2D eigenvalue weighted by atomic mass is 32.9. The summed E-state index contributed by atoms with van der Waals surface area (Å²) in [5, 5.41) is 0. The molecular weight excluding hydrogens is 322 g/mol. The highest BCUT2D eigenvalue weighted by Crippen LogP contribution is 2.24. The summed E-state index contributed by atoms with van der Waals surface area (Å²) in [7, 11) is 3.26. The number of esters is 1. The molecule has 0 radical (unpaired) electrons. The van der Waals surface area contributed by atoms with Gasteiger partial charge in [-0.2, -0.15) is 0 Å². The fourth-order valence-corrected chi connectivity index (χ4v) is 4.08. The van der Waals surface area contributed by atoms with E-state index < -0.39 is 0 Å². The fraction of sp³-hybridized carbons (Fsp3) is 0.267. The molecule has 3 nitrogen and oxygen atoms in total. The SMILES string of the molecule is CCOC(=O)CCC(=S)N=c1cc(-c2ccccc2)ss1. The second-order valence-electron chi connectivity index (χ2n) is 4.19. The molecule has 2 aromatic rings. The van der Waals surface area contributed by atoms with Gasteiger partial charge in [-0.25, -0.2) is 4.99 Å². The van der Waals surface area contributed by atoms with Gasteiger partial charge < -0.3 is 4.74 Å². The van der Waals surface area contributed by atoms with Crippen LogP contribution in [-0.2, 0) is 9.53 Å². The van der Waals surface area contributed by atoms with Gasteiger partial charge >= 0.3 is 5.97 Å². The van der Waals surface area contributed by atoms with E-state index in [4.69, 9.17) is 17.0 Å². The Morgan fingerprint density at radius 1 is 1.24 bits per heavy atom. The number of nitrogens with zero attached hydrogens (tertiary/aromatic N) is 1. The summed E-state index contributed by atoms with van der Waals surface area (Å²) in [6, 6.07) is 12.2. The van der Waals surface area contributed by atoms with Crippen molar-refractivity contribution in [3.63, 3.8) is 0 Å². The Morgan fingerprint density at radius 2 is 2.00 bits per heavy atom. The molecule has 0 unspecified atom stereocenters. The minimum atomic E-state index is -0.228. The van der Waals surface area contributed by atoms with Gasteiger partial charge in [-0.15, -0.1) is 0 Å². The van der Waals surface area contributed by atoms with Crippen molar-refractivity contribution < 1.29 is 9.53 Å². The van der Waals surface area contributed by atoms with Gasteiger partial charge in [0.2, 0.25) is 0 Å². The van der Waals surface area contributed by atoms with Crippen LogP contribution in [0.25, 0.3) is 10.4 Å². The maximum absolute atomic E-state index is 11.3. The third kappa shape index (κ3) is 5.15. The highest BCUT2D eigenvalue weighted by molar-refractivity contribution is 7.80. The Labute approximate surface area is 136 Å². The van der Waals surface area contributed by atoms with Crippen LogP contribution in [0.2, 0.25) is 0 Å². The zero-order valence-corrected chi connectivity index (χ0v) is 14.0. The van der Waals surface area contributed by atoms with Crippen molar-refractivity contribution in [3.05, 3.63) is 41.1 Å². The van der Waals surface area contributed by atoms with E-state index in [2.05, 4.69) is 17.1 Å². The number of hydrogen-bond acceptors (Lipinski definition) is 5. The molecule has 0 fully saturated rings. The monoisotopic (exact) mass is 337 g/mol. The minimum Gasteiger partial charge on any atom is -0.466 e. The molecular formula is C15H15NO2S3. The number of benzene rings is 1. The normalized spacial score (nSPS) is 11.4. The number of carbonyl (C=O) groups is 1. The number of ether oxygens (including phenoxy) is 1. The minimum absolute atomic E-state index is 0.228. The van der Waals surface area contributed by atoms with E-state index >= 15 is 0 Å². The third-order valence-corrected chi connectivity index (χ3v) is 5.21. The van der Waals surface area contributed by atoms with Gasteiger partial charge in [-0.1, -0.05) is 63.2 Å². The highest BCUT2D eigenvalue weighted by Gasteiger charge is 2.04. The lowest BCUT2D eigenvalue weighted by Crippen LogP contribution is -2.07. The number of thiocarbonyl (C=S) groups is 1. The molecule has 1 aromatic carbocycles. The first kappa shape index (κ1) is 16.0. The zero-order chi connectivity index (χ0) is 15.1. The molecule has 0 aliphatic rings. The smallest absolute Gasteiger partial charge is 0.306 e. The molecule has 21 heavy (non-hydrogen) atoms. The first-order valence-corrected chi connectivity index (χ1v) is 9.13. The molecule has 0 spiro atoms. The first-order chi connectivity index (χ1) is 10.2. The molecule has 0 atom stereocenters. The van der Waals surface area contributed by atoms with Crippen molar-refractivity contribution >= 4 is 43.9 Å². The van der Waals surface area contributed by atoms with E-state index in [-0.39, 0.29) is 12.4 Å². The molecule has 0 aliphatic heterocycles. The van der Waals surface area contributed by atoms with E-state index in [1.807, 2.05) is 24.3 Å². The quantitative estimate of drug-likeness (QED) is 0.469. The summed E-state index contributed by atoms with van der Waals surface area (Å²) in [4.78, 5) is 17.4. The summed E-state index contributed by atoms with van der Waals surface area (Å²) in [6.45, 7) is 2.19. The van der Waals surface area contributed by atoms with Gasteiger partial charge in [0.05, 0.1) is 13.0 Å². The van der Waals surface area contributed by atoms with Crippen LogP contribution in [-0.4, -0.2) is 17.6 Å². The molecule has 0 bridgehead atoms. The Balaban J connectivity index is 2.00. The van der Waals surface area contributed by atoms with Gasteiger partial charge in [0.15, 0.2) is 0 Å². The topological polar surface area (TPSA) is 38.7 Å². The van der Waals surface area contributed by atoms with E-state index in [9.17, 15) is 4.79 Å². The maximum Gasteiger partial charge on any atom is 0.306 e. The zero-order valence-electron chi connectivity index (χ0n) is 11.6. The number of carbonyl (C=O) groups excluding carboxylic acids is 1. The number of rotatable bonds is 5. The molecule has 6 heteroatoms. The van der Waals surface area contributed by atoms with E-state index in [1.54, 1.807) is 27.6 Å². The molecule has 0 saturated heterocycles. The first-order valence-electron chi connectivity index (χ1n) is 6.58. The molecule has 0 N–H and O–H groups in total. The Morgan fingerprint density at radius 3 is 2.71 bits per heavy atom. The van der Waals surface area contributed by atoms with Crippen LogP contribution < -0.4 is 4.67 Å². The number of hydrogen-bond donors (Lipinski definition) is 0. The third-order valence-electron chi connectivity index (χ3n) is 2.61. The van der Waals surface area contributed by atoms with Crippen molar-refractivity contribution in [2.24, 2.45) is 4.99 Å². The summed E-state index contributed by atoms with van der Waals surface area (Å²) in [6.07, 6.45) is 0.744. The van der Waals surface area contributed by atoms with Crippen molar-refractivity contribution in [1.82, 2.24) is 0 Å². The summed E-state index contributed by atoms with van der Waals surface area (Å²) >= 11 is 5.20. The molecule has 2 rings (SSSR count). The molecule has 0 saturated carbocycles. The van der Waals surface area contributed by atoms with Crippen LogP contribution in [0.1, 0.15) is 19.8 Å². The predicted molar refractivity (Wildman–Crippen MR) is 91.7 cm³/mol. The van der Waals surface area contributed by atoms with Crippen LogP contribution in [0, 0.1) is 0 Å².